The number of nitrogens with two attached hydrogens (primary N) is 2. The predicted molar refractivity (Wildman–Crippen MR) is 160 cm³/mol. The van der Waals surface area contributed by atoms with Crippen molar-refractivity contribution in [1.82, 2.24) is 24.4 Å². The van der Waals surface area contributed by atoms with Gasteiger partial charge in [0.1, 0.15) is 53.5 Å². The van der Waals surface area contributed by atoms with E-state index in [2.05, 4.69) is 19.3 Å². The Bertz CT molecular complexity index is 1740. The highest BCUT2D eigenvalue weighted by Gasteiger charge is 2.51. The van der Waals surface area contributed by atoms with Crippen LogP contribution in [0.5, 0.6) is 0 Å². The molecule has 266 valence electrons. The Morgan fingerprint density at radius 2 is 1.58 bits per heavy atom. The number of nitrogen functional groups attached to an aromatic ring is 1. The Labute approximate surface area is 274 Å². The summed E-state index contributed by atoms with van der Waals surface area (Å²) in [4.78, 5) is 52.2. The van der Waals surface area contributed by atoms with Crippen LogP contribution in [0.4, 0.5) is 5.82 Å². The highest BCUT2D eigenvalue weighted by molar-refractivity contribution is 7.80. The predicted octanol–water partition coefficient (Wildman–Crippen LogP) is -1.77. The van der Waals surface area contributed by atoms with Crippen molar-refractivity contribution in [2.45, 2.75) is 55.5 Å². The van der Waals surface area contributed by atoms with Crippen molar-refractivity contribution < 1.29 is 75.9 Å². The molecular weight excluding hydrogens is 731 g/mol. The highest BCUT2D eigenvalue weighted by atomic mass is 32.1. The molecule has 0 radical (unpaired) electrons. The molecule has 5 rings (SSSR count). The first-order valence-electron chi connectivity index (χ1n) is 13.5. The molecule has 48 heavy (non-hydrogen) atoms. The number of rotatable bonds is 13. The van der Waals surface area contributed by atoms with E-state index in [1.54, 1.807) is 6.08 Å². The van der Waals surface area contributed by atoms with Crippen molar-refractivity contribution in [1.29, 1.82) is 0 Å². The maximum absolute atomic E-state index is 12.6. The lowest BCUT2D eigenvalue weighted by atomic mass is 10.1. The Kier molecular flexibility index (Phi) is 10.9. The zero-order chi connectivity index (χ0) is 35.2. The van der Waals surface area contributed by atoms with Crippen molar-refractivity contribution in [3.63, 3.8) is 0 Å². The molecule has 23 nitrogen and oxygen atoms in total. The molecule has 0 spiro atoms. The standard InChI is InChI=1S/C21H30N7O16P3S/c22-17-12-19(25-7-24-17)28(8-26-12)21-16(43-45(32,33)34)14(30)11(42-21)6-40-47(37,38)44-46(35,36)39-5-10-13(29)15(31)20(41-10)27-3-1-2-9(4-27)18(23)48/h1,3-4,7-8,10-11,13-16,20-21,29-31H,2,5-6H2,(H2,23,48)(H,35,36)(H,37,38)(H2,22,24,25)(H2,32,33,34)/t10-,11-,13-,14-,15-,16-,20-,21-/m1/s1. The van der Waals surface area contributed by atoms with Gasteiger partial charge in [0.15, 0.2) is 23.9 Å². The minimum atomic E-state index is -5.50. The zero-order valence-electron chi connectivity index (χ0n) is 24.1. The van der Waals surface area contributed by atoms with Gasteiger partial charge in [-0.15, -0.1) is 0 Å². The number of ether oxygens (including phenoxy) is 2. The molecule has 0 aromatic carbocycles. The minimum Gasteiger partial charge on any atom is -0.390 e. The third-order valence-corrected chi connectivity index (χ3v) is 10.5. The van der Waals surface area contributed by atoms with E-state index in [1.165, 1.54) is 17.3 Å². The molecule has 3 aliphatic heterocycles. The van der Waals surface area contributed by atoms with Crippen LogP contribution in [-0.2, 0) is 41.1 Å². The third kappa shape index (κ3) is 8.34. The van der Waals surface area contributed by atoms with Crippen molar-refractivity contribution in [2.24, 2.45) is 5.73 Å². The van der Waals surface area contributed by atoms with Gasteiger partial charge < -0.3 is 60.7 Å². The number of phosphoric ester groups is 3. The summed E-state index contributed by atoms with van der Waals surface area (Å²) in [5, 5.41) is 31.6. The molecule has 2 aromatic rings. The van der Waals surface area contributed by atoms with Crippen LogP contribution in [0, 0.1) is 0 Å². The second-order valence-electron chi connectivity index (χ2n) is 10.4. The van der Waals surface area contributed by atoms with Gasteiger partial charge in [-0.25, -0.2) is 28.6 Å². The fourth-order valence-electron chi connectivity index (χ4n) is 4.93. The first-order chi connectivity index (χ1) is 22.4. The molecule has 3 aliphatic rings. The number of hydrogen-bond donors (Lipinski definition) is 9. The van der Waals surface area contributed by atoms with Gasteiger partial charge in [0.25, 0.3) is 0 Å². The van der Waals surface area contributed by atoms with Gasteiger partial charge in [0, 0.05) is 18.0 Å². The molecule has 2 fully saturated rings. The van der Waals surface area contributed by atoms with Crippen LogP contribution < -0.4 is 11.5 Å². The quantitative estimate of drug-likeness (QED) is 0.0805. The summed E-state index contributed by atoms with van der Waals surface area (Å²) in [6.45, 7) is -1.97. The number of thiocarbonyl (C=S) groups is 1. The second-order valence-corrected chi connectivity index (χ2v) is 15.1. The van der Waals surface area contributed by atoms with E-state index in [9.17, 15) is 48.6 Å². The van der Waals surface area contributed by atoms with E-state index in [1.807, 2.05) is 0 Å². The molecule has 0 aliphatic carbocycles. The van der Waals surface area contributed by atoms with E-state index in [-0.39, 0.29) is 22.0 Å². The number of anilines is 1. The van der Waals surface area contributed by atoms with E-state index in [0.717, 1.165) is 17.2 Å². The van der Waals surface area contributed by atoms with E-state index < -0.39 is 85.8 Å². The summed E-state index contributed by atoms with van der Waals surface area (Å²) in [6.07, 6.45) is -5.50. The number of phosphoric acid groups is 3. The molecule has 2 saturated heterocycles. The number of hydrogen-bond acceptors (Lipinski definition) is 18. The second kappa shape index (κ2) is 14.1. The molecule has 0 amide bonds. The van der Waals surface area contributed by atoms with Gasteiger partial charge in [-0.05, 0) is 6.42 Å². The van der Waals surface area contributed by atoms with Crippen molar-refractivity contribution in [3.05, 3.63) is 36.7 Å². The highest BCUT2D eigenvalue weighted by Crippen LogP contribution is 2.61. The molecule has 10 atom stereocenters. The van der Waals surface area contributed by atoms with Crippen LogP contribution in [0.2, 0.25) is 0 Å². The van der Waals surface area contributed by atoms with Crippen LogP contribution in [0.1, 0.15) is 12.6 Å². The minimum absolute atomic E-state index is 0.0126. The number of fused-ring (bicyclic) bond motifs is 1. The third-order valence-electron chi connectivity index (χ3n) is 7.11. The summed E-state index contributed by atoms with van der Waals surface area (Å²) in [6, 6.07) is 0. The fourth-order valence-corrected chi connectivity index (χ4v) is 7.71. The van der Waals surface area contributed by atoms with E-state index in [0.29, 0.717) is 12.0 Å². The normalized spacial score (nSPS) is 31.9. The Balaban J connectivity index is 1.20. The van der Waals surface area contributed by atoms with Gasteiger partial charge in [-0.2, -0.15) is 4.31 Å². The molecule has 27 heteroatoms. The number of imidazole rings is 1. The average molecular weight is 761 g/mol. The lowest BCUT2D eigenvalue weighted by molar-refractivity contribution is -0.0651. The Morgan fingerprint density at radius 3 is 2.21 bits per heavy atom. The average Bonchev–Trinajstić information content (AvgIpc) is 3.64. The van der Waals surface area contributed by atoms with Gasteiger partial charge >= 0.3 is 23.5 Å². The Morgan fingerprint density at radius 1 is 0.958 bits per heavy atom. The van der Waals surface area contributed by atoms with Crippen molar-refractivity contribution in [3.8, 4) is 0 Å². The first kappa shape index (κ1) is 37.0. The van der Waals surface area contributed by atoms with Crippen LogP contribution in [0.15, 0.2) is 36.7 Å². The van der Waals surface area contributed by atoms with Crippen molar-refractivity contribution >= 4 is 57.7 Å². The monoisotopic (exact) mass is 761 g/mol. The maximum Gasteiger partial charge on any atom is 0.481 e. The van der Waals surface area contributed by atoms with Gasteiger partial charge in [0.2, 0.25) is 0 Å². The summed E-state index contributed by atoms with van der Waals surface area (Å²) in [7, 11) is -16.2. The summed E-state index contributed by atoms with van der Waals surface area (Å²) < 4.78 is 67.4. The van der Waals surface area contributed by atoms with Gasteiger partial charge in [0.05, 0.1) is 19.5 Å². The lowest BCUT2D eigenvalue weighted by Crippen LogP contribution is -2.40. The zero-order valence-corrected chi connectivity index (χ0v) is 27.6. The lowest BCUT2D eigenvalue weighted by Gasteiger charge is -2.29. The molecule has 0 saturated carbocycles. The summed E-state index contributed by atoms with van der Waals surface area (Å²) in [5.74, 6) is -0.0498. The van der Waals surface area contributed by atoms with Crippen LogP contribution in [0.3, 0.4) is 0 Å². The summed E-state index contributed by atoms with van der Waals surface area (Å²) >= 11 is 4.95. The molecular formula is C21H30N7O16P3S. The van der Waals surface area contributed by atoms with E-state index >= 15 is 0 Å². The Hall–Kier alpha value is -2.31. The smallest absolute Gasteiger partial charge is 0.390 e. The van der Waals surface area contributed by atoms with Gasteiger partial charge in [-0.3, -0.25) is 18.1 Å². The SMILES string of the molecule is NC(=S)C1=CN([C@@H]2O[C@H](COP(=O)(O)OP(=O)(O)OC[C@H]3O[C@@H](n4cnc5c(N)ncnc54)[C@H](OP(=O)(O)O)[C@@H]3O)[C@@H](O)[C@H]2O)C=CC1. The molecule has 5 heterocycles. The van der Waals surface area contributed by atoms with E-state index in [4.69, 9.17) is 46.7 Å². The number of nitrogens with zero attached hydrogens (tertiary/aromatic N) is 5. The van der Waals surface area contributed by atoms with Crippen LogP contribution in [-0.4, -0.2) is 120 Å². The van der Waals surface area contributed by atoms with Crippen LogP contribution >= 0.6 is 35.7 Å². The molecule has 0 bridgehead atoms. The maximum atomic E-state index is 12.6. The first-order valence-corrected chi connectivity index (χ1v) is 18.4. The number of allylic oxidation sites excluding steroid dienone is 1. The summed E-state index contributed by atoms with van der Waals surface area (Å²) in [5.41, 5.74) is 12.0. The fraction of sp³-hybridized carbons (Fsp3) is 0.524. The number of aliphatic hydroxyl groups excluding tert-OH is 3. The van der Waals surface area contributed by atoms with Gasteiger partial charge in [-0.1, -0.05) is 18.3 Å². The number of aliphatic hydroxyl groups is 3. The topological polar surface area (TPSA) is 347 Å². The molecule has 2 unspecified atom stereocenters. The molecule has 11 N–H and O–H groups in total. The number of aromatic nitrogens is 4. The van der Waals surface area contributed by atoms with Crippen molar-refractivity contribution in [2.75, 3.05) is 18.9 Å². The van der Waals surface area contributed by atoms with Crippen LogP contribution in [0.25, 0.3) is 11.2 Å². The molecule has 2 aromatic heterocycles. The largest absolute Gasteiger partial charge is 0.481 e.